The molecule has 1 aromatic carbocycles. The number of nitrogens with one attached hydrogen (secondary N) is 1. The number of nitrogens with zero attached hydrogens (tertiary/aromatic N) is 2. The van der Waals surface area contributed by atoms with Crippen molar-refractivity contribution in [2.75, 3.05) is 60.2 Å². The Hall–Kier alpha value is -1.83. The number of hydrogen-bond acceptors (Lipinski definition) is 6. The number of carbonyl (C=O) groups excluding carboxylic acids is 1. The van der Waals surface area contributed by atoms with Gasteiger partial charge in [-0.1, -0.05) is 0 Å². The minimum absolute atomic E-state index is 0.148. The van der Waals surface area contributed by atoms with Crippen LogP contribution in [0.4, 0.5) is 0 Å². The summed E-state index contributed by atoms with van der Waals surface area (Å²) in [5.41, 5.74) is 1.11. The third kappa shape index (κ3) is 4.87. The Bertz CT molecular complexity index is 596. The fourth-order valence-electron chi connectivity index (χ4n) is 3.49. The monoisotopic (exact) mass is 363 g/mol. The normalized spacial score (nSPS) is 21.5. The highest BCUT2D eigenvalue weighted by atomic mass is 16.5. The van der Waals surface area contributed by atoms with Crippen LogP contribution in [0.15, 0.2) is 18.2 Å². The number of ether oxygens (including phenoxy) is 3. The molecule has 7 heteroatoms. The maximum Gasteiger partial charge on any atom is 0.224 e. The first-order chi connectivity index (χ1) is 12.7. The van der Waals surface area contributed by atoms with Gasteiger partial charge < -0.3 is 24.4 Å². The fourth-order valence-corrected chi connectivity index (χ4v) is 3.49. The summed E-state index contributed by atoms with van der Waals surface area (Å²) in [6, 6.07) is 6.01. The van der Waals surface area contributed by atoms with Gasteiger partial charge in [-0.05, 0) is 18.2 Å². The van der Waals surface area contributed by atoms with E-state index in [-0.39, 0.29) is 11.9 Å². The van der Waals surface area contributed by atoms with Crippen molar-refractivity contribution in [1.82, 2.24) is 15.1 Å². The molecule has 144 valence electrons. The Balaban J connectivity index is 1.50. The Kier molecular flexibility index (Phi) is 6.71. The van der Waals surface area contributed by atoms with E-state index < -0.39 is 0 Å². The minimum Gasteiger partial charge on any atom is -0.497 e. The summed E-state index contributed by atoms with van der Waals surface area (Å²) in [7, 11) is 3.35. The lowest BCUT2D eigenvalue weighted by atomic mass is 10.1. The van der Waals surface area contributed by atoms with Gasteiger partial charge >= 0.3 is 0 Å². The van der Waals surface area contributed by atoms with Gasteiger partial charge in [0.25, 0.3) is 0 Å². The Morgan fingerprint density at radius 2 is 2.04 bits per heavy atom. The van der Waals surface area contributed by atoms with Crippen molar-refractivity contribution in [2.45, 2.75) is 19.0 Å². The zero-order valence-corrected chi connectivity index (χ0v) is 15.7. The smallest absolute Gasteiger partial charge is 0.224 e. The minimum atomic E-state index is 0.148. The molecule has 3 rings (SSSR count). The molecular formula is C19H29N3O4. The summed E-state index contributed by atoms with van der Waals surface area (Å²) in [6.45, 7) is 6.23. The number of methoxy groups -OCH3 is 2. The summed E-state index contributed by atoms with van der Waals surface area (Å²) in [4.78, 5) is 16.8. The van der Waals surface area contributed by atoms with E-state index >= 15 is 0 Å². The van der Waals surface area contributed by atoms with Crippen LogP contribution in [-0.4, -0.2) is 81.9 Å². The number of hydrogen-bond donors (Lipinski definition) is 1. The van der Waals surface area contributed by atoms with Gasteiger partial charge in [-0.15, -0.1) is 0 Å². The molecule has 1 N–H and O–H groups in total. The van der Waals surface area contributed by atoms with E-state index in [0.717, 1.165) is 62.9 Å². The van der Waals surface area contributed by atoms with E-state index in [0.29, 0.717) is 13.0 Å². The first-order valence-electron chi connectivity index (χ1n) is 9.21. The molecule has 0 bridgehead atoms. The maximum absolute atomic E-state index is 12.5. The lowest BCUT2D eigenvalue weighted by Crippen LogP contribution is -2.51. The zero-order chi connectivity index (χ0) is 18.4. The van der Waals surface area contributed by atoms with Crippen LogP contribution in [-0.2, 0) is 16.1 Å². The number of rotatable bonds is 6. The molecule has 7 nitrogen and oxygen atoms in total. The van der Waals surface area contributed by atoms with Crippen molar-refractivity contribution in [3.8, 4) is 11.5 Å². The van der Waals surface area contributed by atoms with Crippen molar-refractivity contribution in [3.05, 3.63) is 23.8 Å². The third-order valence-electron chi connectivity index (χ3n) is 5.03. The van der Waals surface area contributed by atoms with E-state index in [1.807, 2.05) is 23.1 Å². The highest BCUT2D eigenvalue weighted by Crippen LogP contribution is 2.25. The predicted octanol–water partition coefficient (Wildman–Crippen LogP) is 0.727. The summed E-state index contributed by atoms with van der Waals surface area (Å²) in [6.07, 6.45) is 0.518. The second-order valence-electron chi connectivity index (χ2n) is 6.76. The van der Waals surface area contributed by atoms with E-state index in [1.165, 1.54) is 0 Å². The lowest BCUT2D eigenvalue weighted by Gasteiger charge is -2.36. The average molecular weight is 363 g/mol. The van der Waals surface area contributed by atoms with Crippen molar-refractivity contribution in [3.63, 3.8) is 0 Å². The van der Waals surface area contributed by atoms with Crippen molar-refractivity contribution >= 4 is 5.91 Å². The van der Waals surface area contributed by atoms with Gasteiger partial charge in [-0.2, -0.15) is 0 Å². The third-order valence-corrected chi connectivity index (χ3v) is 5.03. The molecule has 26 heavy (non-hydrogen) atoms. The Morgan fingerprint density at radius 1 is 1.23 bits per heavy atom. The molecule has 0 radical (unpaired) electrons. The molecule has 1 aromatic rings. The molecule has 0 aromatic heterocycles. The molecule has 0 aliphatic carbocycles. The first-order valence-corrected chi connectivity index (χ1v) is 9.21. The van der Waals surface area contributed by atoms with Crippen LogP contribution < -0.4 is 14.8 Å². The largest absolute Gasteiger partial charge is 0.497 e. The quantitative estimate of drug-likeness (QED) is 0.804. The highest BCUT2D eigenvalue weighted by molar-refractivity contribution is 5.77. The van der Waals surface area contributed by atoms with Crippen LogP contribution in [0, 0.1) is 0 Å². The molecule has 1 amide bonds. The Morgan fingerprint density at radius 3 is 2.69 bits per heavy atom. The van der Waals surface area contributed by atoms with Crippen LogP contribution >= 0.6 is 0 Å². The molecule has 1 atom stereocenters. The van der Waals surface area contributed by atoms with Crippen molar-refractivity contribution in [2.24, 2.45) is 0 Å². The molecular weight excluding hydrogens is 334 g/mol. The number of amides is 1. The number of piperazine rings is 1. The molecule has 2 aliphatic heterocycles. The second kappa shape index (κ2) is 9.21. The summed E-state index contributed by atoms with van der Waals surface area (Å²) in [5.74, 6) is 1.91. The summed E-state index contributed by atoms with van der Waals surface area (Å²) < 4.78 is 16.2. The number of morpholine rings is 1. The molecule has 0 spiro atoms. The van der Waals surface area contributed by atoms with E-state index in [9.17, 15) is 4.79 Å². The predicted molar refractivity (Wildman–Crippen MR) is 98.6 cm³/mol. The molecule has 2 fully saturated rings. The van der Waals surface area contributed by atoms with Gasteiger partial charge in [0.2, 0.25) is 5.91 Å². The van der Waals surface area contributed by atoms with Crippen LogP contribution in [0.2, 0.25) is 0 Å². The lowest BCUT2D eigenvalue weighted by molar-refractivity contribution is -0.134. The number of benzene rings is 1. The van der Waals surface area contributed by atoms with Gasteiger partial charge in [0.05, 0.1) is 27.4 Å². The molecule has 2 heterocycles. The van der Waals surface area contributed by atoms with Gasteiger partial charge in [0, 0.05) is 57.3 Å². The highest BCUT2D eigenvalue weighted by Gasteiger charge is 2.25. The zero-order valence-electron chi connectivity index (χ0n) is 15.7. The van der Waals surface area contributed by atoms with Gasteiger partial charge in [0.1, 0.15) is 11.5 Å². The fraction of sp³-hybridized carbons (Fsp3) is 0.632. The average Bonchev–Trinajstić information content (AvgIpc) is 2.69. The van der Waals surface area contributed by atoms with E-state index in [2.05, 4.69) is 10.2 Å². The SMILES string of the molecule is COc1ccc(OC)c(CN2CCN(C(=O)CC3COCCN3)CC2)c1. The van der Waals surface area contributed by atoms with E-state index in [1.54, 1.807) is 14.2 Å². The second-order valence-corrected chi connectivity index (χ2v) is 6.76. The van der Waals surface area contributed by atoms with Gasteiger partial charge in [-0.3, -0.25) is 9.69 Å². The number of carbonyl (C=O) groups is 1. The van der Waals surface area contributed by atoms with Crippen molar-refractivity contribution < 1.29 is 19.0 Å². The maximum atomic E-state index is 12.5. The van der Waals surface area contributed by atoms with Crippen LogP contribution in [0.25, 0.3) is 0 Å². The van der Waals surface area contributed by atoms with Gasteiger partial charge in [0.15, 0.2) is 0 Å². The Labute approximate surface area is 155 Å². The molecule has 2 saturated heterocycles. The molecule has 0 saturated carbocycles. The van der Waals surface area contributed by atoms with E-state index in [4.69, 9.17) is 14.2 Å². The van der Waals surface area contributed by atoms with Crippen molar-refractivity contribution in [1.29, 1.82) is 0 Å². The molecule has 2 aliphatic rings. The van der Waals surface area contributed by atoms with Crippen LogP contribution in [0.1, 0.15) is 12.0 Å². The van der Waals surface area contributed by atoms with Crippen LogP contribution in [0.5, 0.6) is 11.5 Å². The summed E-state index contributed by atoms with van der Waals surface area (Å²) >= 11 is 0. The molecule has 1 unspecified atom stereocenters. The summed E-state index contributed by atoms with van der Waals surface area (Å²) in [5, 5.41) is 3.35. The standard InChI is InChI=1S/C19H29N3O4/c1-24-17-3-4-18(25-2)15(11-17)13-21-6-8-22(9-7-21)19(23)12-16-14-26-10-5-20-16/h3-4,11,16,20H,5-10,12-14H2,1-2H3. The first kappa shape index (κ1) is 18.9. The topological polar surface area (TPSA) is 63.3 Å². The van der Waals surface area contributed by atoms with Gasteiger partial charge in [-0.25, -0.2) is 0 Å². The van der Waals surface area contributed by atoms with Crippen LogP contribution in [0.3, 0.4) is 0 Å².